The smallest absolute Gasteiger partial charge is 0.259 e. The lowest BCUT2D eigenvalue weighted by molar-refractivity contribution is -0.124. The topological polar surface area (TPSA) is 131 Å². The maximum Gasteiger partial charge on any atom is 0.259 e. The van der Waals surface area contributed by atoms with Crippen molar-refractivity contribution in [3.8, 4) is 28.6 Å². The van der Waals surface area contributed by atoms with Crippen LogP contribution in [-0.2, 0) is 11.2 Å². The average Bonchev–Trinajstić information content (AvgIpc) is 3.28. The van der Waals surface area contributed by atoms with Gasteiger partial charge in [-0.1, -0.05) is 19.0 Å². The molecule has 9 nitrogen and oxygen atoms in total. The Morgan fingerprint density at radius 3 is 2.41 bits per heavy atom. The number of rotatable bonds is 10. The number of aliphatic hydroxyl groups is 2. The fraction of sp³-hybridized carbons (Fsp3) is 0.440. The minimum Gasteiger partial charge on any atom is -0.490 e. The van der Waals surface area contributed by atoms with Gasteiger partial charge < -0.3 is 24.8 Å². The quantitative estimate of drug-likeness (QED) is 0.414. The summed E-state index contributed by atoms with van der Waals surface area (Å²) in [5, 5.41) is 25.3. The van der Waals surface area contributed by atoms with Crippen molar-refractivity contribution in [1.29, 1.82) is 0 Å². The zero-order valence-electron chi connectivity index (χ0n) is 20.3. The maximum atomic E-state index is 11.1. The fourth-order valence-electron chi connectivity index (χ4n) is 3.61. The van der Waals surface area contributed by atoms with Gasteiger partial charge in [0.1, 0.15) is 25.1 Å². The highest BCUT2D eigenvalue weighted by Gasteiger charge is 2.16. The average molecular weight is 469 g/mol. The van der Waals surface area contributed by atoms with E-state index in [9.17, 15) is 9.90 Å². The van der Waals surface area contributed by atoms with Gasteiger partial charge in [0.15, 0.2) is 0 Å². The van der Waals surface area contributed by atoms with Gasteiger partial charge in [0, 0.05) is 24.0 Å². The molecule has 3 aromatic rings. The molecular formula is C25H32N4O5. The second kappa shape index (κ2) is 11.2. The molecule has 182 valence electrons. The summed E-state index contributed by atoms with van der Waals surface area (Å²) in [6.07, 6.45) is 1.78. The third-order valence-corrected chi connectivity index (χ3v) is 5.28. The monoisotopic (exact) mass is 468 g/mol. The third-order valence-electron chi connectivity index (χ3n) is 5.28. The van der Waals surface area contributed by atoms with Crippen LogP contribution in [0, 0.1) is 26.7 Å². The van der Waals surface area contributed by atoms with E-state index in [4.69, 9.17) is 14.4 Å². The van der Waals surface area contributed by atoms with Crippen molar-refractivity contribution < 1.29 is 24.3 Å². The highest BCUT2D eigenvalue weighted by Crippen LogP contribution is 2.30. The van der Waals surface area contributed by atoms with Crippen molar-refractivity contribution >= 4 is 5.91 Å². The van der Waals surface area contributed by atoms with E-state index in [-0.39, 0.29) is 13.2 Å². The number of nitrogens with zero attached hydrogens (tertiary/aromatic N) is 3. The summed E-state index contributed by atoms with van der Waals surface area (Å²) in [7, 11) is 0. The molecule has 0 spiro atoms. The fourth-order valence-corrected chi connectivity index (χ4v) is 3.61. The van der Waals surface area contributed by atoms with Crippen LogP contribution in [0.5, 0.6) is 5.75 Å². The van der Waals surface area contributed by atoms with Gasteiger partial charge in [-0.15, -0.1) is 0 Å². The molecule has 34 heavy (non-hydrogen) atoms. The number of aryl methyl sites for hydroxylation is 3. The number of nitrogens with one attached hydrogen (secondary N) is 1. The molecule has 0 saturated carbocycles. The molecule has 2 aromatic heterocycles. The Balaban J connectivity index is 1.72. The van der Waals surface area contributed by atoms with Crippen LogP contribution in [-0.4, -0.2) is 57.1 Å². The zero-order valence-corrected chi connectivity index (χ0v) is 20.3. The van der Waals surface area contributed by atoms with E-state index >= 15 is 0 Å². The minimum atomic E-state index is -0.905. The summed E-state index contributed by atoms with van der Waals surface area (Å²) in [5.41, 5.74) is 5.43. The number of carbonyl (C=O) groups is 1. The lowest BCUT2D eigenvalue weighted by Crippen LogP contribution is -2.36. The second-order valence-electron chi connectivity index (χ2n) is 8.87. The number of pyridine rings is 1. The summed E-state index contributed by atoms with van der Waals surface area (Å²) < 4.78 is 11.3. The van der Waals surface area contributed by atoms with E-state index in [1.165, 1.54) is 0 Å². The summed E-state index contributed by atoms with van der Waals surface area (Å²) in [5.74, 6) is 1.49. The van der Waals surface area contributed by atoms with E-state index < -0.39 is 18.6 Å². The molecule has 0 fully saturated rings. The second-order valence-corrected chi connectivity index (χ2v) is 8.87. The van der Waals surface area contributed by atoms with Crippen molar-refractivity contribution in [2.75, 3.05) is 19.8 Å². The first-order chi connectivity index (χ1) is 16.2. The Kier molecular flexibility index (Phi) is 8.36. The summed E-state index contributed by atoms with van der Waals surface area (Å²) in [6, 6.07) is 5.81. The SMILES string of the molecule is Cc1cc(-c2nc(-c3cc(C)c(OC[C@@H](O)CNC(=O)CO)c(C)c3)no2)cnc1CC(C)C. The number of amides is 1. The number of carbonyl (C=O) groups excluding carboxylic acids is 1. The maximum absolute atomic E-state index is 11.1. The molecule has 0 aliphatic heterocycles. The Hall–Kier alpha value is -3.30. The summed E-state index contributed by atoms with van der Waals surface area (Å²) >= 11 is 0. The molecule has 3 N–H and O–H groups in total. The molecule has 3 rings (SSSR count). The van der Waals surface area contributed by atoms with Crippen molar-refractivity contribution in [3.05, 3.63) is 46.8 Å². The van der Waals surface area contributed by atoms with Gasteiger partial charge in [0.2, 0.25) is 11.7 Å². The normalized spacial score (nSPS) is 12.1. The predicted molar refractivity (Wildman–Crippen MR) is 127 cm³/mol. The Labute approximate surface area is 199 Å². The minimum absolute atomic E-state index is 0.00174. The first-order valence-corrected chi connectivity index (χ1v) is 11.3. The van der Waals surface area contributed by atoms with E-state index in [0.717, 1.165) is 39.9 Å². The highest BCUT2D eigenvalue weighted by atomic mass is 16.5. The van der Waals surface area contributed by atoms with Crippen LogP contribution < -0.4 is 10.1 Å². The van der Waals surface area contributed by atoms with Crippen LogP contribution in [0.15, 0.2) is 28.9 Å². The van der Waals surface area contributed by atoms with E-state index in [1.54, 1.807) is 6.20 Å². The van der Waals surface area contributed by atoms with Gasteiger partial charge in [-0.2, -0.15) is 4.98 Å². The van der Waals surface area contributed by atoms with Crippen molar-refractivity contribution in [2.24, 2.45) is 5.92 Å². The molecule has 1 amide bonds. The molecule has 0 saturated heterocycles. The molecule has 0 aliphatic rings. The molecule has 9 heteroatoms. The molecular weight excluding hydrogens is 436 g/mol. The number of ether oxygens (including phenoxy) is 1. The number of aromatic nitrogens is 3. The van der Waals surface area contributed by atoms with Crippen LogP contribution in [0.4, 0.5) is 0 Å². The van der Waals surface area contributed by atoms with Gasteiger partial charge in [-0.3, -0.25) is 9.78 Å². The molecule has 1 aromatic carbocycles. The van der Waals surface area contributed by atoms with E-state index in [0.29, 0.717) is 23.4 Å². The van der Waals surface area contributed by atoms with Gasteiger partial charge >= 0.3 is 0 Å². The van der Waals surface area contributed by atoms with Gasteiger partial charge in [-0.05, 0) is 68.0 Å². The van der Waals surface area contributed by atoms with Crippen LogP contribution in [0.1, 0.15) is 36.2 Å². The molecule has 1 atom stereocenters. The van der Waals surface area contributed by atoms with Gasteiger partial charge in [-0.25, -0.2) is 0 Å². The molecule has 2 heterocycles. The van der Waals surface area contributed by atoms with Crippen LogP contribution in [0.25, 0.3) is 22.8 Å². The lowest BCUT2D eigenvalue weighted by Gasteiger charge is -2.16. The van der Waals surface area contributed by atoms with Crippen molar-refractivity contribution in [3.63, 3.8) is 0 Å². The largest absolute Gasteiger partial charge is 0.490 e. The van der Waals surface area contributed by atoms with Gasteiger partial charge in [0.05, 0.1) is 5.56 Å². The highest BCUT2D eigenvalue weighted by molar-refractivity contribution is 5.76. The van der Waals surface area contributed by atoms with Crippen LogP contribution in [0.3, 0.4) is 0 Å². The predicted octanol–water partition coefficient (Wildman–Crippen LogP) is 2.77. The molecule has 0 bridgehead atoms. The Morgan fingerprint density at radius 1 is 1.12 bits per heavy atom. The van der Waals surface area contributed by atoms with E-state index in [2.05, 4.69) is 34.3 Å². The standard InChI is InChI=1S/C25H32N4O5/c1-14(2)6-21-15(3)7-19(10-26-21)25-28-24(29-34-25)18-8-16(4)23(17(5)9-18)33-13-20(31)11-27-22(32)12-30/h7-10,14,20,30-31H,6,11-13H2,1-5H3,(H,27,32)/t20-/m0/s1. The number of aliphatic hydroxyl groups excluding tert-OH is 2. The van der Waals surface area contributed by atoms with E-state index in [1.807, 2.05) is 39.0 Å². The van der Waals surface area contributed by atoms with Crippen LogP contribution in [0.2, 0.25) is 0 Å². The Bertz CT molecular complexity index is 1120. The molecule has 0 aliphatic carbocycles. The Morgan fingerprint density at radius 2 is 1.79 bits per heavy atom. The van der Waals surface area contributed by atoms with Crippen LogP contribution >= 0.6 is 0 Å². The van der Waals surface area contributed by atoms with Gasteiger partial charge in [0.25, 0.3) is 5.89 Å². The molecule has 0 radical (unpaired) electrons. The summed E-state index contributed by atoms with van der Waals surface area (Å²) in [6.45, 7) is 9.53. The number of hydrogen-bond donors (Lipinski definition) is 3. The third kappa shape index (κ3) is 6.39. The lowest BCUT2D eigenvalue weighted by atomic mass is 10.0. The number of benzene rings is 1. The zero-order chi connectivity index (χ0) is 24.8. The first-order valence-electron chi connectivity index (χ1n) is 11.3. The summed E-state index contributed by atoms with van der Waals surface area (Å²) in [4.78, 5) is 20.2. The van der Waals surface area contributed by atoms with Crippen molar-refractivity contribution in [1.82, 2.24) is 20.4 Å². The number of hydrogen-bond acceptors (Lipinski definition) is 8. The molecule has 0 unspecified atom stereocenters. The first kappa shape index (κ1) is 25.3. The van der Waals surface area contributed by atoms with Crippen molar-refractivity contribution in [2.45, 2.75) is 47.1 Å².